The second-order valence-corrected chi connectivity index (χ2v) is 7.06. The first-order valence-electron chi connectivity index (χ1n) is 7.48. The van der Waals surface area contributed by atoms with Gasteiger partial charge in [-0.3, -0.25) is 0 Å². The number of hydrogen-bond acceptors (Lipinski definition) is 3. The Bertz CT molecular complexity index is 280. The molecule has 1 saturated carbocycles. The molecule has 0 spiro atoms. The second kappa shape index (κ2) is 5.48. The molecule has 0 aromatic rings. The minimum absolute atomic E-state index is 0.0403. The Morgan fingerprint density at radius 1 is 1.28 bits per heavy atom. The molecule has 1 heterocycles. The van der Waals surface area contributed by atoms with Crippen molar-refractivity contribution in [2.75, 3.05) is 13.2 Å². The van der Waals surface area contributed by atoms with Crippen LogP contribution < -0.4 is 5.32 Å². The molecule has 106 valence electrons. The summed E-state index contributed by atoms with van der Waals surface area (Å²) in [6.07, 6.45) is 7.32. The topological polar surface area (TPSA) is 41.5 Å². The molecule has 2 aliphatic rings. The molecule has 3 unspecified atom stereocenters. The van der Waals surface area contributed by atoms with Crippen LogP contribution in [-0.2, 0) is 4.74 Å². The molecule has 3 heteroatoms. The van der Waals surface area contributed by atoms with Gasteiger partial charge in [0.15, 0.2) is 0 Å². The van der Waals surface area contributed by atoms with Crippen LogP contribution in [0.25, 0.3) is 0 Å². The van der Waals surface area contributed by atoms with E-state index >= 15 is 0 Å². The predicted molar refractivity (Wildman–Crippen MR) is 73.6 cm³/mol. The third-order valence-corrected chi connectivity index (χ3v) is 4.65. The Morgan fingerprint density at radius 2 is 2.06 bits per heavy atom. The van der Waals surface area contributed by atoms with Gasteiger partial charge in [-0.2, -0.15) is 0 Å². The number of rotatable bonds is 4. The van der Waals surface area contributed by atoms with Gasteiger partial charge in [-0.05, 0) is 45.4 Å². The zero-order chi connectivity index (χ0) is 13.2. The lowest BCUT2D eigenvalue weighted by Crippen LogP contribution is -2.53. The van der Waals surface area contributed by atoms with E-state index < -0.39 is 0 Å². The van der Waals surface area contributed by atoms with Crippen molar-refractivity contribution < 1.29 is 9.84 Å². The van der Waals surface area contributed by atoms with Crippen LogP contribution in [-0.4, -0.2) is 35.5 Å². The van der Waals surface area contributed by atoms with Crippen molar-refractivity contribution in [1.82, 2.24) is 5.32 Å². The van der Waals surface area contributed by atoms with Crippen LogP contribution in [0.2, 0.25) is 0 Å². The molecule has 2 N–H and O–H groups in total. The molecular formula is C15H29NO2. The van der Waals surface area contributed by atoms with E-state index in [-0.39, 0.29) is 17.7 Å². The lowest BCUT2D eigenvalue weighted by atomic mass is 9.77. The summed E-state index contributed by atoms with van der Waals surface area (Å²) in [5.74, 6) is 0.722. The highest BCUT2D eigenvalue weighted by Gasteiger charge is 2.37. The number of nitrogens with one attached hydrogen (secondary N) is 1. The molecule has 0 amide bonds. The van der Waals surface area contributed by atoms with Crippen LogP contribution in [0.3, 0.4) is 0 Å². The molecule has 18 heavy (non-hydrogen) atoms. The summed E-state index contributed by atoms with van der Waals surface area (Å²) in [7, 11) is 0. The number of ether oxygens (including phenoxy) is 1. The lowest BCUT2D eigenvalue weighted by Gasteiger charge is -2.40. The number of hydrogen-bond donors (Lipinski definition) is 2. The largest absolute Gasteiger partial charge is 0.394 e. The van der Waals surface area contributed by atoms with Crippen molar-refractivity contribution in [3.05, 3.63) is 0 Å². The second-order valence-electron chi connectivity index (χ2n) is 7.06. The Labute approximate surface area is 111 Å². The highest BCUT2D eigenvalue weighted by atomic mass is 16.5. The molecule has 0 aromatic heterocycles. The van der Waals surface area contributed by atoms with Crippen LogP contribution >= 0.6 is 0 Å². The summed E-state index contributed by atoms with van der Waals surface area (Å²) >= 11 is 0. The highest BCUT2D eigenvalue weighted by Crippen LogP contribution is 2.33. The van der Waals surface area contributed by atoms with Crippen molar-refractivity contribution in [2.45, 2.75) is 76.5 Å². The zero-order valence-electron chi connectivity index (χ0n) is 12.2. The van der Waals surface area contributed by atoms with Crippen LogP contribution in [0.15, 0.2) is 0 Å². The van der Waals surface area contributed by atoms with E-state index in [9.17, 15) is 5.11 Å². The smallest absolute Gasteiger partial charge is 0.0708 e. The van der Waals surface area contributed by atoms with Crippen molar-refractivity contribution in [1.29, 1.82) is 0 Å². The molecule has 0 radical (unpaired) electrons. The quantitative estimate of drug-likeness (QED) is 0.811. The fraction of sp³-hybridized carbons (Fsp3) is 1.00. The van der Waals surface area contributed by atoms with Gasteiger partial charge < -0.3 is 15.2 Å². The van der Waals surface area contributed by atoms with Crippen LogP contribution in [0.5, 0.6) is 0 Å². The monoisotopic (exact) mass is 255 g/mol. The van der Waals surface area contributed by atoms with Gasteiger partial charge in [0.25, 0.3) is 0 Å². The Morgan fingerprint density at radius 3 is 2.61 bits per heavy atom. The highest BCUT2D eigenvalue weighted by molar-refractivity contribution is 4.94. The first-order valence-corrected chi connectivity index (χ1v) is 7.48. The Kier molecular flexibility index (Phi) is 4.35. The predicted octanol–water partition coefficient (Wildman–Crippen LogP) is 2.47. The van der Waals surface area contributed by atoms with Crippen LogP contribution in [0, 0.1) is 5.92 Å². The Hall–Kier alpha value is -0.120. The SMILES string of the molecule is CC1CCCC(CO)(NCC2CCC(C)(C)O2)C1. The molecule has 3 nitrogen and oxygen atoms in total. The van der Waals surface area contributed by atoms with E-state index in [0.717, 1.165) is 38.1 Å². The van der Waals surface area contributed by atoms with Gasteiger partial charge in [-0.1, -0.05) is 19.8 Å². The van der Waals surface area contributed by atoms with Gasteiger partial charge in [0.05, 0.1) is 18.3 Å². The maximum Gasteiger partial charge on any atom is 0.0708 e. The standard InChI is InChI=1S/C15H29NO2/c1-12-5-4-7-15(9-12,11-17)16-10-13-6-8-14(2,3)18-13/h12-13,16-17H,4-11H2,1-3H3. The fourth-order valence-corrected chi connectivity index (χ4v) is 3.57. The zero-order valence-corrected chi connectivity index (χ0v) is 12.2. The van der Waals surface area contributed by atoms with Gasteiger partial charge in [-0.15, -0.1) is 0 Å². The summed E-state index contributed by atoms with van der Waals surface area (Å²) in [4.78, 5) is 0. The summed E-state index contributed by atoms with van der Waals surface area (Å²) in [6.45, 7) is 7.76. The molecule has 0 bridgehead atoms. The lowest BCUT2D eigenvalue weighted by molar-refractivity contribution is -0.0213. The van der Waals surface area contributed by atoms with Gasteiger partial charge in [0.2, 0.25) is 0 Å². The van der Waals surface area contributed by atoms with E-state index in [2.05, 4.69) is 26.1 Å². The third-order valence-electron chi connectivity index (χ3n) is 4.65. The average Bonchev–Trinajstić information content (AvgIpc) is 2.67. The minimum atomic E-state index is -0.0479. The molecule has 1 aliphatic carbocycles. The molecule has 1 saturated heterocycles. The van der Waals surface area contributed by atoms with Gasteiger partial charge in [0, 0.05) is 12.1 Å². The normalized spacial score (nSPS) is 40.0. The molecule has 0 aromatic carbocycles. The maximum absolute atomic E-state index is 9.73. The van der Waals surface area contributed by atoms with Gasteiger partial charge in [0.1, 0.15) is 0 Å². The minimum Gasteiger partial charge on any atom is -0.394 e. The first kappa shape index (κ1) is 14.3. The number of aliphatic hydroxyl groups is 1. The van der Waals surface area contributed by atoms with E-state index in [4.69, 9.17) is 4.74 Å². The van der Waals surface area contributed by atoms with E-state index in [1.54, 1.807) is 0 Å². The summed E-state index contributed by atoms with van der Waals surface area (Å²) in [6, 6.07) is 0. The molecule has 1 aliphatic heterocycles. The fourth-order valence-electron chi connectivity index (χ4n) is 3.57. The third kappa shape index (κ3) is 3.46. The van der Waals surface area contributed by atoms with E-state index in [1.807, 2.05) is 0 Å². The average molecular weight is 255 g/mol. The maximum atomic E-state index is 9.73. The number of aliphatic hydroxyl groups excluding tert-OH is 1. The van der Waals surface area contributed by atoms with Gasteiger partial charge >= 0.3 is 0 Å². The summed E-state index contributed by atoms with van der Waals surface area (Å²) in [5, 5.41) is 13.4. The molecule has 2 fully saturated rings. The molecule has 2 rings (SSSR count). The van der Waals surface area contributed by atoms with E-state index in [0.29, 0.717) is 6.10 Å². The van der Waals surface area contributed by atoms with Crippen molar-refractivity contribution >= 4 is 0 Å². The van der Waals surface area contributed by atoms with Crippen LogP contribution in [0.4, 0.5) is 0 Å². The first-order chi connectivity index (χ1) is 8.45. The summed E-state index contributed by atoms with van der Waals surface area (Å²) in [5.41, 5.74) is -0.00760. The van der Waals surface area contributed by atoms with E-state index in [1.165, 1.54) is 12.8 Å². The van der Waals surface area contributed by atoms with Crippen molar-refractivity contribution in [3.8, 4) is 0 Å². The van der Waals surface area contributed by atoms with Gasteiger partial charge in [-0.25, -0.2) is 0 Å². The van der Waals surface area contributed by atoms with Crippen molar-refractivity contribution in [2.24, 2.45) is 5.92 Å². The molecular weight excluding hydrogens is 226 g/mol. The summed E-state index contributed by atoms with van der Waals surface area (Å²) < 4.78 is 6.01. The Balaban J connectivity index is 1.84. The molecule has 3 atom stereocenters. The van der Waals surface area contributed by atoms with Crippen molar-refractivity contribution in [3.63, 3.8) is 0 Å². The van der Waals surface area contributed by atoms with Crippen LogP contribution in [0.1, 0.15) is 59.3 Å².